The van der Waals surface area contributed by atoms with Crippen LogP contribution in [0.2, 0.25) is 0 Å². The van der Waals surface area contributed by atoms with E-state index in [4.69, 9.17) is 0 Å². The summed E-state index contributed by atoms with van der Waals surface area (Å²) in [5.41, 5.74) is 2.59. The van der Waals surface area contributed by atoms with Gasteiger partial charge in [0.05, 0.1) is 0 Å². The number of hydrogen-bond acceptors (Lipinski definition) is 2. The van der Waals surface area contributed by atoms with Gasteiger partial charge in [0.15, 0.2) is 0 Å². The summed E-state index contributed by atoms with van der Waals surface area (Å²) in [5.74, 6) is 2.03. The highest BCUT2D eigenvalue weighted by Crippen LogP contribution is 2.56. The molecule has 0 spiro atoms. The summed E-state index contributed by atoms with van der Waals surface area (Å²) in [6, 6.07) is 3.29. The van der Waals surface area contributed by atoms with Crippen molar-refractivity contribution in [3.8, 4) is 11.5 Å². The predicted molar refractivity (Wildman–Crippen MR) is 90.3 cm³/mol. The first-order valence-electron chi connectivity index (χ1n) is 8.76. The van der Waals surface area contributed by atoms with E-state index in [0.29, 0.717) is 5.41 Å². The Morgan fingerprint density at radius 2 is 1.77 bits per heavy atom. The summed E-state index contributed by atoms with van der Waals surface area (Å²) in [5, 5.41) is 20.1. The molecule has 2 nitrogen and oxygen atoms in total. The quantitative estimate of drug-likeness (QED) is 0.740. The van der Waals surface area contributed by atoms with Crippen LogP contribution < -0.4 is 0 Å². The number of phenolic OH excluding ortho intramolecular Hbond substituents is 2. The van der Waals surface area contributed by atoms with Gasteiger partial charge in [-0.15, -0.1) is 0 Å². The zero-order chi connectivity index (χ0) is 16.1. The molecule has 2 saturated carbocycles. The second-order valence-electron chi connectivity index (χ2n) is 8.71. The minimum absolute atomic E-state index is 0.0381. The van der Waals surface area contributed by atoms with E-state index >= 15 is 0 Å². The number of rotatable bonds is 1. The number of hydrogen-bond donors (Lipinski definition) is 2. The zero-order valence-electron chi connectivity index (χ0n) is 14.4. The summed E-state index contributed by atoms with van der Waals surface area (Å²) in [4.78, 5) is 0. The molecule has 0 saturated heterocycles. The van der Waals surface area contributed by atoms with E-state index < -0.39 is 0 Å². The Bertz CT molecular complexity index is 552. The maximum Gasteiger partial charge on any atom is 0.123 e. The SMILES string of the molecule is Cc1cc(O)cc(O)c1[C@@]1(C)CCC2C(CCCC2(C)C)C1. The Balaban J connectivity index is 1.93. The van der Waals surface area contributed by atoms with Gasteiger partial charge in [-0.05, 0) is 66.9 Å². The third-order valence-corrected chi connectivity index (χ3v) is 6.59. The molecule has 2 N–H and O–H groups in total. The average molecular weight is 302 g/mol. The fourth-order valence-corrected chi connectivity index (χ4v) is 5.63. The summed E-state index contributed by atoms with van der Waals surface area (Å²) in [6.07, 6.45) is 7.59. The van der Waals surface area contributed by atoms with E-state index in [1.54, 1.807) is 6.07 Å². The van der Waals surface area contributed by atoms with Crippen molar-refractivity contribution in [1.82, 2.24) is 0 Å². The van der Waals surface area contributed by atoms with E-state index in [0.717, 1.165) is 29.4 Å². The zero-order valence-corrected chi connectivity index (χ0v) is 14.4. The van der Waals surface area contributed by atoms with Crippen LogP contribution in [0.5, 0.6) is 11.5 Å². The van der Waals surface area contributed by atoms with Gasteiger partial charge in [0, 0.05) is 11.6 Å². The van der Waals surface area contributed by atoms with Crippen LogP contribution in [-0.2, 0) is 5.41 Å². The molecule has 0 amide bonds. The average Bonchev–Trinajstić information content (AvgIpc) is 2.35. The van der Waals surface area contributed by atoms with Gasteiger partial charge in [0.1, 0.15) is 11.5 Å². The van der Waals surface area contributed by atoms with E-state index in [9.17, 15) is 10.2 Å². The van der Waals surface area contributed by atoms with Crippen molar-refractivity contribution in [2.24, 2.45) is 17.3 Å². The largest absolute Gasteiger partial charge is 0.508 e. The highest BCUT2D eigenvalue weighted by atomic mass is 16.3. The Morgan fingerprint density at radius 1 is 1.05 bits per heavy atom. The first-order chi connectivity index (χ1) is 10.2. The van der Waals surface area contributed by atoms with E-state index in [-0.39, 0.29) is 16.9 Å². The molecule has 3 rings (SSSR count). The molecule has 122 valence electrons. The van der Waals surface area contributed by atoms with Crippen LogP contribution in [0.4, 0.5) is 0 Å². The molecule has 2 unspecified atom stereocenters. The molecule has 2 heteroatoms. The Hall–Kier alpha value is -1.18. The molecule has 2 aliphatic rings. The normalized spacial score (nSPS) is 34.2. The highest BCUT2D eigenvalue weighted by Gasteiger charge is 2.47. The number of aryl methyl sites for hydroxylation is 1. The van der Waals surface area contributed by atoms with Gasteiger partial charge >= 0.3 is 0 Å². The molecule has 0 aromatic heterocycles. The molecule has 0 heterocycles. The molecule has 3 atom stereocenters. The maximum atomic E-state index is 10.4. The van der Waals surface area contributed by atoms with Crippen LogP contribution in [0.25, 0.3) is 0 Å². The van der Waals surface area contributed by atoms with E-state index in [1.165, 1.54) is 38.2 Å². The summed E-state index contributed by atoms with van der Waals surface area (Å²) >= 11 is 0. The maximum absolute atomic E-state index is 10.4. The van der Waals surface area contributed by atoms with Gasteiger partial charge in [-0.3, -0.25) is 0 Å². The lowest BCUT2D eigenvalue weighted by Gasteiger charge is -2.52. The standard InChI is InChI=1S/C20H30O2/c1-13-10-15(21)11-17(22)18(13)20(4)9-7-16-14(12-20)6-5-8-19(16,2)3/h10-11,14,16,21-22H,5-9,12H2,1-4H3/t14?,16?,20-/m0/s1. The molecule has 1 aromatic carbocycles. The number of fused-ring (bicyclic) bond motifs is 1. The van der Waals surface area contributed by atoms with Gasteiger partial charge in [-0.1, -0.05) is 33.6 Å². The smallest absolute Gasteiger partial charge is 0.123 e. The van der Waals surface area contributed by atoms with E-state index in [1.807, 2.05) is 6.92 Å². The predicted octanol–water partition coefficient (Wildman–Crippen LogP) is 5.29. The van der Waals surface area contributed by atoms with Crippen LogP contribution in [0, 0.1) is 24.2 Å². The van der Waals surface area contributed by atoms with Gasteiger partial charge in [0.2, 0.25) is 0 Å². The topological polar surface area (TPSA) is 40.5 Å². The Morgan fingerprint density at radius 3 is 2.45 bits per heavy atom. The van der Waals surface area contributed by atoms with Gasteiger partial charge in [0.25, 0.3) is 0 Å². The number of benzene rings is 1. The molecular formula is C20H30O2. The van der Waals surface area contributed by atoms with Crippen LogP contribution in [-0.4, -0.2) is 10.2 Å². The molecular weight excluding hydrogens is 272 g/mol. The van der Waals surface area contributed by atoms with Gasteiger partial charge < -0.3 is 10.2 Å². The summed E-state index contributed by atoms with van der Waals surface area (Å²) < 4.78 is 0. The van der Waals surface area contributed by atoms with Crippen LogP contribution in [0.15, 0.2) is 12.1 Å². The monoisotopic (exact) mass is 302 g/mol. The third-order valence-electron chi connectivity index (χ3n) is 6.59. The van der Waals surface area contributed by atoms with Crippen molar-refractivity contribution in [3.63, 3.8) is 0 Å². The molecule has 1 aromatic rings. The number of phenols is 2. The first-order valence-corrected chi connectivity index (χ1v) is 8.76. The van der Waals surface area contributed by atoms with Crippen molar-refractivity contribution in [1.29, 1.82) is 0 Å². The third kappa shape index (κ3) is 2.51. The summed E-state index contributed by atoms with van der Waals surface area (Å²) in [7, 11) is 0. The molecule has 2 aliphatic carbocycles. The van der Waals surface area contributed by atoms with Crippen molar-refractivity contribution in [2.45, 2.75) is 71.6 Å². The lowest BCUT2D eigenvalue weighted by Crippen LogP contribution is -2.43. The fourth-order valence-electron chi connectivity index (χ4n) is 5.63. The molecule has 0 aliphatic heterocycles. The number of aromatic hydroxyl groups is 2. The van der Waals surface area contributed by atoms with E-state index in [2.05, 4.69) is 20.8 Å². The van der Waals surface area contributed by atoms with Crippen molar-refractivity contribution < 1.29 is 10.2 Å². The fraction of sp³-hybridized carbons (Fsp3) is 0.700. The lowest BCUT2D eigenvalue weighted by molar-refractivity contribution is 0.0135. The summed E-state index contributed by atoms with van der Waals surface area (Å²) in [6.45, 7) is 9.20. The second-order valence-corrected chi connectivity index (χ2v) is 8.71. The minimum atomic E-state index is 0.0381. The van der Waals surface area contributed by atoms with Crippen LogP contribution in [0.3, 0.4) is 0 Å². The van der Waals surface area contributed by atoms with Crippen molar-refractivity contribution in [3.05, 3.63) is 23.3 Å². The minimum Gasteiger partial charge on any atom is -0.508 e. The molecule has 0 radical (unpaired) electrons. The molecule has 0 bridgehead atoms. The molecule has 2 fully saturated rings. The lowest BCUT2D eigenvalue weighted by atomic mass is 9.53. The van der Waals surface area contributed by atoms with Crippen LogP contribution >= 0.6 is 0 Å². The Kier molecular flexibility index (Phi) is 3.70. The molecule has 22 heavy (non-hydrogen) atoms. The second kappa shape index (κ2) is 5.18. The van der Waals surface area contributed by atoms with Gasteiger partial charge in [-0.2, -0.15) is 0 Å². The Labute approximate surface area is 134 Å². The van der Waals surface area contributed by atoms with Crippen molar-refractivity contribution >= 4 is 0 Å². The first kappa shape index (κ1) is 15.7. The van der Waals surface area contributed by atoms with Crippen molar-refractivity contribution in [2.75, 3.05) is 0 Å². The van der Waals surface area contributed by atoms with Gasteiger partial charge in [-0.25, -0.2) is 0 Å². The van der Waals surface area contributed by atoms with Crippen LogP contribution in [0.1, 0.15) is 70.4 Å². The highest BCUT2D eigenvalue weighted by molar-refractivity contribution is 5.49.